The van der Waals surface area contributed by atoms with Crippen LogP contribution in [-0.4, -0.2) is 6.54 Å². The lowest BCUT2D eigenvalue weighted by molar-refractivity contribution is 0.287. The quantitative estimate of drug-likeness (QED) is 0.672. The zero-order valence-electron chi connectivity index (χ0n) is 9.17. The van der Waals surface area contributed by atoms with Crippen LogP contribution in [0.5, 0.6) is 0 Å². The number of allylic oxidation sites excluding steroid dienone is 1. The molecule has 0 bridgehead atoms. The Labute approximate surface area is 88.0 Å². The van der Waals surface area contributed by atoms with E-state index in [1.807, 2.05) is 0 Å². The fourth-order valence-corrected chi connectivity index (χ4v) is 2.93. The minimum absolute atomic E-state index is 0.884. The van der Waals surface area contributed by atoms with Crippen LogP contribution in [0.1, 0.15) is 51.4 Å². The number of hydrogen-bond donors (Lipinski definition) is 1. The third-order valence-corrected chi connectivity index (χ3v) is 3.84. The lowest BCUT2D eigenvalue weighted by Crippen LogP contribution is -2.23. The highest BCUT2D eigenvalue weighted by Crippen LogP contribution is 2.31. The molecule has 1 aliphatic carbocycles. The van der Waals surface area contributed by atoms with Gasteiger partial charge in [-0.05, 0) is 37.3 Å². The maximum Gasteiger partial charge on any atom is 0.0147 e. The molecule has 0 amide bonds. The molecule has 2 aliphatic rings. The minimum Gasteiger partial charge on any atom is -0.391 e. The Morgan fingerprint density at radius 1 is 0.857 bits per heavy atom. The fourth-order valence-electron chi connectivity index (χ4n) is 2.93. The van der Waals surface area contributed by atoms with E-state index in [-0.39, 0.29) is 0 Å². The summed E-state index contributed by atoms with van der Waals surface area (Å²) in [6.45, 7) is 1.19. The molecule has 80 valence electrons. The maximum atomic E-state index is 3.30. The van der Waals surface area contributed by atoms with Gasteiger partial charge in [0, 0.05) is 6.54 Å². The summed E-state index contributed by atoms with van der Waals surface area (Å²) in [5.41, 5.74) is 0. The summed E-state index contributed by atoms with van der Waals surface area (Å²) in [4.78, 5) is 0. The SMILES string of the molecule is C1=CC(C2CCCCCCC2)CCN1. The topological polar surface area (TPSA) is 12.0 Å². The van der Waals surface area contributed by atoms with E-state index in [2.05, 4.69) is 17.6 Å². The second kappa shape index (κ2) is 5.43. The summed E-state index contributed by atoms with van der Waals surface area (Å²) >= 11 is 0. The average Bonchev–Trinajstić information content (AvgIpc) is 2.18. The molecule has 1 unspecified atom stereocenters. The third-order valence-electron chi connectivity index (χ3n) is 3.84. The van der Waals surface area contributed by atoms with Crippen molar-refractivity contribution in [3.05, 3.63) is 12.3 Å². The van der Waals surface area contributed by atoms with Gasteiger partial charge in [-0.3, -0.25) is 0 Å². The summed E-state index contributed by atoms with van der Waals surface area (Å²) in [6, 6.07) is 0. The first-order valence-electron chi connectivity index (χ1n) is 6.37. The van der Waals surface area contributed by atoms with Crippen molar-refractivity contribution in [2.24, 2.45) is 11.8 Å². The van der Waals surface area contributed by atoms with Gasteiger partial charge in [0.2, 0.25) is 0 Å². The van der Waals surface area contributed by atoms with Gasteiger partial charge in [-0.1, -0.05) is 38.2 Å². The molecule has 0 aromatic rings. The molecule has 1 heteroatoms. The molecular formula is C13H23N. The van der Waals surface area contributed by atoms with E-state index in [1.165, 1.54) is 57.9 Å². The molecular weight excluding hydrogens is 170 g/mol. The van der Waals surface area contributed by atoms with Crippen LogP contribution >= 0.6 is 0 Å². The molecule has 1 N–H and O–H groups in total. The van der Waals surface area contributed by atoms with Crippen molar-refractivity contribution in [1.82, 2.24) is 5.32 Å². The van der Waals surface area contributed by atoms with Gasteiger partial charge in [0.15, 0.2) is 0 Å². The molecule has 1 heterocycles. The van der Waals surface area contributed by atoms with Gasteiger partial charge in [-0.25, -0.2) is 0 Å². The number of hydrogen-bond acceptors (Lipinski definition) is 1. The van der Waals surface area contributed by atoms with Crippen LogP contribution in [0, 0.1) is 11.8 Å². The molecule has 1 nitrogen and oxygen atoms in total. The van der Waals surface area contributed by atoms with E-state index in [9.17, 15) is 0 Å². The van der Waals surface area contributed by atoms with Crippen LogP contribution in [0.25, 0.3) is 0 Å². The Balaban J connectivity index is 1.86. The first kappa shape index (κ1) is 10.1. The van der Waals surface area contributed by atoms with Crippen LogP contribution in [0.15, 0.2) is 12.3 Å². The molecule has 1 fully saturated rings. The molecule has 0 saturated heterocycles. The lowest BCUT2D eigenvalue weighted by atomic mass is 9.79. The summed E-state index contributed by atoms with van der Waals surface area (Å²) in [7, 11) is 0. The molecule has 0 aromatic heterocycles. The van der Waals surface area contributed by atoms with Crippen LogP contribution in [0.2, 0.25) is 0 Å². The third kappa shape index (κ3) is 2.76. The maximum absolute atomic E-state index is 3.30. The lowest BCUT2D eigenvalue weighted by Gasteiger charge is -2.28. The second-order valence-corrected chi connectivity index (χ2v) is 4.87. The monoisotopic (exact) mass is 193 g/mol. The van der Waals surface area contributed by atoms with Gasteiger partial charge in [-0.15, -0.1) is 0 Å². The van der Waals surface area contributed by atoms with E-state index in [0.29, 0.717) is 0 Å². The van der Waals surface area contributed by atoms with Crippen LogP contribution in [0.3, 0.4) is 0 Å². The first-order chi connectivity index (χ1) is 6.97. The van der Waals surface area contributed by atoms with E-state index >= 15 is 0 Å². The van der Waals surface area contributed by atoms with Crippen molar-refractivity contribution in [3.63, 3.8) is 0 Å². The molecule has 14 heavy (non-hydrogen) atoms. The smallest absolute Gasteiger partial charge is 0.0147 e. The van der Waals surface area contributed by atoms with Gasteiger partial charge in [0.25, 0.3) is 0 Å². The molecule has 1 aliphatic heterocycles. The first-order valence-corrected chi connectivity index (χ1v) is 6.37. The van der Waals surface area contributed by atoms with Gasteiger partial charge in [0.05, 0.1) is 0 Å². The van der Waals surface area contributed by atoms with Crippen LogP contribution in [0.4, 0.5) is 0 Å². The second-order valence-electron chi connectivity index (χ2n) is 4.87. The minimum atomic E-state index is 0.884. The van der Waals surface area contributed by atoms with E-state index in [4.69, 9.17) is 0 Å². The van der Waals surface area contributed by atoms with E-state index in [1.54, 1.807) is 0 Å². The Hall–Kier alpha value is -0.460. The Kier molecular flexibility index (Phi) is 3.90. The predicted molar refractivity (Wildman–Crippen MR) is 61.1 cm³/mol. The van der Waals surface area contributed by atoms with Crippen molar-refractivity contribution in [3.8, 4) is 0 Å². The van der Waals surface area contributed by atoms with Crippen molar-refractivity contribution in [2.75, 3.05) is 6.54 Å². The zero-order chi connectivity index (χ0) is 9.64. The number of nitrogens with one attached hydrogen (secondary N) is 1. The molecule has 0 radical (unpaired) electrons. The summed E-state index contributed by atoms with van der Waals surface area (Å²) in [5, 5.41) is 3.30. The van der Waals surface area contributed by atoms with Gasteiger partial charge < -0.3 is 5.32 Å². The zero-order valence-corrected chi connectivity index (χ0v) is 9.17. The van der Waals surface area contributed by atoms with Crippen molar-refractivity contribution < 1.29 is 0 Å². The predicted octanol–water partition coefficient (Wildman–Crippen LogP) is 3.47. The fraction of sp³-hybridized carbons (Fsp3) is 0.846. The summed E-state index contributed by atoms with van der Waals surface area (Å²) < 4.78 is 0. The largest absolute Gasteiger partial charge is 0.391 e. The van der Waals surface area contributed by atoms with Gasteiger partial charge >= 0.3 is 0 Å². The van der Waals surface area contributed by atoms with Crippen molar-refractivity contribution in [1.29, 1.82) is 0 Å². The van der Waals surface area contributed by atoms with Crippen LogP contribution < -0.4 is 5.32 Å². The van der Waals surface area contributed by atoms with Crippen molar-refractivity contribution in [2.45, 2.75) is 51.4 Å². The standard InChI is InChI=1S/C13H23N/c1-2-4-6-12(7-5-3-1)13-8-10-14-11-9-13/h8,10,12-14H,1-7,9,11H2. The van der Waals surface area contributed by atoms with E-state index in [0.717, 1.165) is 11.8 Å². The highest BCUT2D eigenvalue weighted by Gasteiger charge is 2.20. The van der Waals surface area contributed by atoms with Crippen LogP contribution in [-0.2, 0) is 0 Å². The Morgan fingerprint density at radius 2 is 1.57 bits per heavy atom. The summed E-state index contributed by atoms with van der Waals surface area (Å²) in [6.07, 6.45) is 16.3. The molecule has 1 saturated carbocycles. The molecule has 0 aromatic carbocycles. The van der Waals surface area contributed by atoms with E-state index < -0.39 is 0 Å². The number of rotatable bonds is 1. The highest BCUT2D eigenvalue weighted by molar-refractivity contribution is 4.95. The molecule has 1 atom stereocenters. The average molecular weight is 193 g/mol. The highest BCUT2D eigenvalue weighted by atomic mass is 14.8. The molecule has 0 spiro atoms. The summed E-state index contributed by atoms with van der Waals surface area (Å²) in [5.74, 6) is 1.88. The van der Waals surface area contributed by atoms with Gasteiger partial charge in [0.1, 0.15) is 0 Å². The molecule has 2 rings (SSSR count). The van der Waals surface area contributed by atoms with Gasteiger partial charge in [-0.2, -0.15) is 0 Å². The normalized spacial score (nSPS) is 30.4. The van der Waals surface area contributed by atoms with Crippen molar-refractivity contribution >= 4 is 0 Å². The Bertz CT molecular complexity index is 178. The Morgan fingerprint density at radius 3 is 2.21 bits per heavy atom.